The quantitative estimate of drug-likeness (QED) is 0.595. The molecule has 0 saturated carbocycles. The fourth-order valence-electron chi connectivity index (χ4n) is 3.30. The van der Waals surface area contributed by atoms with Crippen LogP contribution in [0, 0.1) is 6.92 Å². The largest absolute Gasteiger partial charge is 0.414 e. The predicted octanol–water partition coefficient (Wildman–Crippen LogP) is 4.38. The van der Waals surface area contributed by atoms with Crippen LogP contribution in [-0.2, 0) is 11.3 Å². The van der Waals surface area contributed by atoms with Gasteiger partial charge in [0.25, 0.3) is 5.22 Å². The predicted molar refractivity (Wildman–Crippen MR) is 104 cm³/mol. The number of hydrogen-bond donors (Lipinski definition) is 0. The van der Waals surface area contributed by atoms with Crippen molar-refractivity contribution >= 4 is 17.7 Å². The first-order chi connectivity index (χ1) is 13.2. The Kier molecular flexibility index (Phi) is 5.25. The molecular weight excluding hydrogens is 358 g/mol. The molecule has 5 nitrogen and oxygen atoms in total. The molecule has 2 aromatic carbocycles. The highest BCUT2D eigenvalue weighted by Crippen LogP contribution is 2.41. The Labute approximate surface area is 162 Å². The average molecular weight is 379 g/mol. The zero-order valence-corrected chi connectivity index (χ0v) is 16.0. The van der Waals surface area contributed by atoms with Crippen molar-refractivity contribution < 1.29 is 9.21 Å². The van der Waals surface area contributed by atoms with Crippen LogP contribution in [0.5, 0.6) is 0 Å². The lowest BCUT2D eigenvalue weighted by Crippen LogP contribution is -2.23. The van der Waals surface area contributed by atoms with E-state index in [9.17, 15) is 4.79 Å². The Morgan fingerprint density at radius 2 is 1.89 bits per heavy atom. The van der Waals surface area contributed by atoms with E-state index in [1.165, 1.54) is 16.7 Å². The van der Waals surface area contributed by atoms with Gasteiger partial charge in [-0.05, 0) is 30.0 Å². The lowest BCUT2D eigenvalue weighted by atomic mass is 10.0. The van der Waals surface area contributed by atoms with Crippen LogP contribution in [0.2, 0.25) is 0 Å². The van der Waals surface area contributed by atoms with Crippen LogP contribution in [0.15, 0.2) is 64.2 Å². The summed E-state index contributed by atoms with van der Waals surface area (Å²) in [6, 6.07) is 18.7. The second kappa shape index (κ2) is 7.96. The van der Waals surface area contributed by atoms with Crippen LogP contribution in [-0.4, -0.2) is 27.5 Å². The maximum absolute atomic E-state index is 11.8. The van der Waals surface area contributed by atoms with Gasteiger partial charge in [0, 0.05) is 13.0 Å². The van der Waals surface area contributed by atoms with Gasteiger partial charge in [0.15, 0.2) is 0 Å². The smallest absolute Gasteiger partial charge is 0.277 e. The Bertz CT molecular complexity index is 926. The van der Waals surface area contributed by atoms with Gasteiger partial charge in [-0.2, -0.15) is 0 Å². The van der Waals surface area contributed by atoms with Gasteiger partial charge in [-0.3, -0.25) is 4.79 Å². The van der Waals surface area contributed by atoms with Crippen molar-refractivity contribution in [2.45, 2.75) is 36.8 Å². The van der Waals surface area contributed by atoms with E-state index in [0.717, 1.165) is 13.0 Å². The highest BCUT2D eigenvalue weighted by Gasteiger charge is 2.24. The number of nitrogens with zero attached hydrogens (tertiary/aromatic N) is 3. The molecule has 1 aliphatic heterocycles. The Hall–Kier alpha value is -2.60. The topological polar surface area (TPSA) is 59.2 Å². The summed E-state index contributed by atoms with van der Waals surface area (Å²) in [6.45, 7) is 3.27. The molecule has 6 heteroatoms. The van der Waals surface area contributed by atoms with Crippen molar-refractivity contribution in [2.75, 3.05) is 6.54 Å². The molecule has 1 unspecified atom stereocenters. The summed E-state index contributed by atoms with van der Waals surface area (Å²) < 4.78 is 5.85. The number of carbonyl (C=O) groups is 1. The number of hydrogen-bond acceptors (Lipinski definition) is 5. The number of benzene rings is 2. The molecule has 0 spiro atoms. The second-order valence-electron chi connectivity index (χ2n) is 6.65. The van der Waals surface area contributed by atoms with Crippen LogP contribution in [0.25, 0.3) is 0 Å². The molecule has 1 amide bonds. The summed E-state index contributed by atoms with van der Waals surface area (Å²) >= 11 is 1.54. The summed E-state index contributed by atoms with van der Waals surface area (Å²) in [7, 11) is 0. The number of amides is 1. The minimum atomic E-state index is 0.0640. The summed E-state index contributed by atoms with van der Waals surface area (Å²) in [5.74, 6) is 0.647. The third-order valence-corrected chi connectivity index (χ3v) is 5.87. The number of aryl methyl sites for hydroxylation is 1. The SMILES string of the molecule is Cc1ccccc1C(Sc1nnc(CN2CCCC2=O)o1)c1ccccc1. The van der Waals surface area contributed by atoms with E-state index in [-0.39, 0.29) is 11.2 Å². The molecule has 1 aliphatic rings. The van der Waals surface area contributed by atoms with E-state index >= 15 is 0 Å². The lowest BCUT2D eigenvalue weighted by Gasteiger charge is -2.17. The van der Waals surface area contributed by atoms with Crippen molar-refractivity contribution in [2.24, 2.45) is 0 Å². The number of carbonyl (C=O) groups excluding carboxylic acids is 1. The van der Waals surface area contributed by atoms with Crippen LogP contribution in [0.1, 0.15) is 40.7 Å². The molecule has 3 aromatic rings. The highest BCUT2D eigenvalue weighted by atomic mass is 32.2. The van der Waals surface area contributed by atoms with Crippen LogP contribution < -0.4 is 0 Å². The van der Waals surface area contributed by atoms with Gasteiger partial charge in [-0.1, -0.05) is 66.4 Å². The summed E-state index contributed by atoms with van der Waals surface area (Å²) in [5, 5.41) is 8.94. The van der Waals surface area contributed by atoms with Crippen molar-refractivity contribution in [1.82, 2.24) is 15.1 Å². The van der Waals surface area contributed by atoms with Crippen LogP contribution >= 0.6 is 11.8 Å². The van der Waals surface area contributed by atoms with E-state index in [1.807, 2.05) is 24.3 Å². The third kappa shape index (κ3) is 4.06. The Balaban J connectivity index is 1.57. The Morgan fingerprint density at radius 1 is 1.11 bits per heavy atom. The molecule has 2 heterocycles. The molecule has 1 atom stereocenters. The van der Waals surface area contributed by atoms with E-state index in [2.05, 4.69) is 47.5 Å². The first kappa shape index (κ1) is 17.8. The summed E-state index contributed by atoms with van der Waals surface area (Å²) in [5.41, 5.74) is 3.63. The van der Waals surface area contributed by atoms with Crippen molar-refractivity contribution in [3.8, 4) is 0 Å². The lowest BCUT2D eigenvalue weighted by molar-refractivity contribution is -0.128. The molecule has 1 fully saturated rings. The average Bonchev–Trinajstić information content (AvgIpc) is 3.31. The van der Waals surface area contributed by atoms with E-state index in [1.54, 1.807) is 16.7 Å². The van der Waals surface area contributed by atoms with Gasteiger partial charge >= 0.3 is 0 Å². The first-order valence-electron chi connectivity index (χ1n) is 9.08. The normalized spacial score (nSPS) is 15.3. The molecule has 138 valence electrons. The molecule has 27 heavy (non-hydrogen) atoms. The van der Waals surface area contributed by atoms with Crippen molar-refractivity contribution in [3.05, 3.63) is 77.2 Å². The number of likely N-dealkylation sites (tertiary alicyclic amines) is 1. The zero-order valence-electron chi connectivity index (χ0n) is 15.2. The number of rotatable bonds is 6. The van der Waals surface area contributed by atoms with Crippen molar-refractivity contribution in [1.29, 1.82) is 0 Å². The minimum absolute atomic E-state index is 0.0640. The molecule has 0 bridgehead atoms. The maximum atomic E-state index is 11.8. The van der Waals surface area contributed by atoms with Gasteiger partial charge < -0.3 is 9.32 Å². The molecule has 1 aromatic heterocycles. The van der Waals surface area contributed by atoms with Gasteiger partial charge in [0.05, 0.1) is 11.8 Å². The first-order valence-corrected chi connectivity index (χ1v) is 9.96. The fraction of sp³-hybridized carbons (Fsp3) is 0.286. The minimum Gasteiger partial charge on any atom is -0.414 e. The third-order valence-electron chi connectivity index (χ3n) is 4.74. The number of thioether (sulfide) groups is 1. The molecule has 0 radical (unpaired) electrons. The van der Waals surface area contributed by atoms with Gasteiger partial charge in [-0.15, -0.1) is 10.2 Å². The van der Waals surface area contributed by atoms with E-state index < -0.39 is 0 Å². The molecular formula is C21H21N3O2S. The van der Waals surface area contributed by atoms with E-state index in [0.29, 0.717) is 24.1 Å². The zero-order chi connectivity index (χ0) is 18.6. The van der Waals surface area contributed by atoms with Crippen LogP contribution in [0.3, 0.4) is 0 Å². The second-order valence-corrected chi connectivity index (χ2v) is 7.70. The molecule has 0 N–H and O–H groups in total. The molecule has 1 saturated heterocycles. The molecule has 4 rings (SSSR count). The van der Waals surface area contributed by atoms with Gasteiger partial charge in [0.2, 0.25) is 11.8 Å². The van der Waals surface area contributed by atoms with Crippen LogP contribution in [0.4, 0.5) is 0 Å². The number of aromatic nitrogens is 2. The van der Waals surface area contributed by atoms with Gasteiger partial charge in [-0.25, -0.2) is 0 Å². The van der Waals surface area contributed by atoms with Gasteiger partial charge in [0.1, 0.15) is 0 Å². The maximum Gasteiger partial charge on any atom is 0.277 e. The highest BCUT2D eigenvalue weighted by molar-refractivity contribution is 7.99. The molecule has 0 aliphatic carbocycles. The summed E-state index contributed by atoms with van der Waals surface area (Å²) in [4.78, 5) is 13.6. The van der Waals surface area contributed by atoms with E-state index in [4.69, 9.17) is 4.42 Å². The fourth-order valence-corrected chi connectivity index (χ4v) is 4.42. The standard InChI is InChI=1S/C21H21N3O2S/c1-15-8-5-6-11-17(15)20(16-9-3-2-4-10-16)27-21-23-22-18(26-21)14-24-13-7-12-19(24)25/h2-6,8-11,20H,7,12-14H2,1H3. The Morgan fingerprint density at radius 3 is 2.63 bits per heavy atom. The van der Waals surface area contributed by atoms with Crippen molar-refractivity contribution in [3.63, 3.8) is 0 Å². The summed E-state index contributed by atoms with van der Waals surface area (Å²) in [6.07, 6.45) is 1.51. The monoisotopic (exact) mass is 379 g/mol.